The number of urea groups is 1. The highest BCUT2D eigenvalue weighted by atomic mass is 32.2. The van der Waals surface area contributed by atoms with Gasteiger partial charge in [0.2, 0.25) is 5.91 Å². The second kappa shape index (κ2) is 9.83. The third kappa shape index (κ3) is 6.12. The summed E-state index contributed by atoms with van der Waals surface area (Å²) < 4.78 is 27.8. The van der Waals surface area contributed by atoms with E-state index in [0.717, 1.165) is 6.07 Å². The van der Waals surface area contributed by atoms with Gasteiger partial charge in [0.1, 0.15) is 0 Å². The number of nitrogens with two attached hydrogens (primary N) is 1. The van der Waals surface area contributed by atoms with Crippen molar-refractivity contribution in [1.82, 2.24) is 4.72 Å². The highest BCUT2D eigenvalue weighted by Crippen LogP contribution is 2.34. The number of rotatable bonds is 7. The number of primary amides is 1. The third-order valence-corrected chi connectivity index (χ3v) is 6.56. The summed E-state index contributed by atoms with van der Waals surface area (Å²) in [5.74, 6) is -0.821. The van der Waals surface area contributed by atoms with E-state index in [1.807, 2.05) is 38.5 Å². The predicted molar refractivity (Wildman–Crippen MR) is 129 cm³/mol. The highest BCUT2D eigenvalue weighted by molar-refractivity contribution is 7.90. The van der Waals surface area contributed by atoms with Crippen LogP contribution in [-0.4, -0.2) is 25.5 Å². The monoisotopic (exact) mass is 486 g/mol. The quantitative estimate of drug-likeness (QED) is 0.467. The zero-order valence-electron chi connectivity index (χ0n) is 20.1. The Bertz CT molecular complexity index is 1240. The van der Waals surface area contributed by atoms with Crippen LogP contribution in [0.15, 0.2) is 35.2 Å². The Morgan fingerprint density at radius 2 is 1.56 bits per heavy atom. The minimum absolute atomic E-state index is 0.0200. The molecule has 0 bridgehead atoms. The van der Waals surface area contributed by atoms with E-state index < -0.39 is 27.6 Å². The van der Waals surface area contributed by atoms with Crippen molar-refractivity contribution in [2.24, 2.45) is 5.73 Å². The molecule has 0 aliphatic rings. The number of anilines is 1. The van der Waals surface area contributed by atoms with E-state index in [1.54, 1.807) is 12.1 Å². The van der Waals surface area contributed by atoms with Crippen LogP contribution >= 0.6 is 0 Å². The molecule has 0 fully saturated rings. The van der Waals surface area contributed by atoms with Crippen molar-refractivity contribution in [2.45, 2.75) is 63.9 Å². The first-order chi connectivity index (χ1) is 15.6. The molecule has 0 heterocycles. The Labute approximate surface area is 200 Å². The van der Waals surface area contributed by atoms with E-state index in [2.05, 4.69) is 5.32 Å². The number of benzene rings is 2. The van der Waals surface area contributed by atoms with Crippen molar-refractivity contribution in [2.75, 3.05) is 5.32 Å². The molecule has 182 valence electrons. The molecule has 5 N–H and O–H groups in total. The molecule has 0 atom stereocenters. The molecular weight excluding hydrogens is 456 g/mol. The second-order valence-electron chi connectivity index (χ2n) is 9.18. The van der Waals surface area contributed by atoms with Crippen LogP contribution in [-0.2, 0) is 15.6 Å². The van der Waals surface area contributed by atoms with Crippen LogP contribution in [0.1, 0.15) is 86.0 Å². The van der Waals surface area contributed by atoms with Crippen molar-refractivity contribution >= 4 is 27.6 Å². The Hall–Kier alpha value is -3.42. The molecule has 0 saturated carbocycles. The van der Waals surface area contributed by atoms with Gasteiger partial charge in [-0.2, -0.15) is 5.26 Å². The summed E-state index contributed by atoms with van der Waals surface area (Å²) in [5.41, 5.74) is 6.22. The molecule has 0 radical (unpaired) electrons. The Morgan fingerprint density at radius 1 is 1.03 bits per heavy atom. The molecule has 0 spiro atoms. The van der Waals surface area contributed by atoms with E-state index in [1.165, 1.54) is 26.0 Å². The standard InChI is InChI=1S/C24H30N4O5S/c1-13(2)19-9-16(22(26)29)10-20(14(3)4)21(19)27-23(30)28-34(32,33)18-8-15(12-25)7-17(11-18)24(5,6)31/h7-11,13-14,31H,1-6H3,(H2,26,29)(H2,27,28,30). The highest BCUT2D eigenvalue weighted by Gasteiger charge is 2.25. The molecule has 0 saturated heterocycles. The maximum absolute atomic E-state index is 12.9. The lowest BCUT2D eigenvalue weighted by molar-refractivity contribution is 0.0783. The first-order valence-corrected chi connectivity index (χ1v) is 12.1. The average molecular weight is 487 g/mol. The normalized spacial score (nSPS) is 11.9. The third-order valence-electron chi connectivity index (χ3n) is 5.25. The lowest BCUT2D eigenvalue weighted by atomic mass is 9.90. The Kier molecular flexibility index (Phi) is 7.76. The lowest BCUT2D eigenvalue weighted by Crippen LogP contribution is -2.35. The molecule has 9 nitrogen and oxygen atoms in total. The van der Waals surface area contributed by atoms with E-state index >= 15 is 0 Å². The van der Waals surface area contributed by atoms with Crippen LogP contribution in [0.4, 0.5) is 10.5 Å². The summed E-state index contributed by atoms with van der Waals surface area (Å²) in [6.07, 6.45) is 0. The van der Waals surface area contributed by atoms with Gasteiger partial charge in [0.05, 0.1) is 22.1 Å². The fourth-order valence-corrected chi connectivity index (χ4v) is 4.35. The van der Waals surface area contributed by atoms with Gasteiger partial charge in [0.25, 0.3) is 10.0 Å². The van der Waals surface area contributed by atoms with Gasteiger partial charge in [-0.05, 0) is 72.7 Å². The Balaban J connectivity index is 2.49. The van der Waals surface area contributed by atoms with Crippen molar-refractivity contribution < 1.29 is 23.1 Å². The number of nitriles is 1. The predicted octanol–water partition coefficient (Wildman–Crippen LogP) is 3.64. The number of sulfonamides is 1. The van der Waals surface area contributed by atoms with Crippen LogP contribution in [0.2, 0.25) is 0 Å². The lowest BCUT2D eigenvalue weighted by Gasteiger charge is -2.22. The van der Waals surface area contributed by atoms with E-state index in [4.69, 9.17) is 5.73 Å². The van der Waals surface area contributed by atoms with Gasteiger partial charge in [0, 0.05) is 11.3 Å². The fourth-order valence-electron chi connectivity index (χ4n) is 3.38. The summed E-state index contributed by atoms with van der Waals surface area (Å²) in [6.45, 7) is 10.4. The Morgan fingerprint density at radius 3 is 1.97 bits per heavy atom. The summed E-state index contributed by atoms with van der Waals surface area (Å²) in [7, 11) is -4.38. The molecule has 0 aromatic heterocycles. The van der Waals surface area contributed by atoms with Crippen molar-refractivity contribution in [3.05, 3.63) is 58.1 Å². The van der Waals surface area contributed by atoms with Crippen LogP contribution in [0, 0.1) is 11.3 Å². The van der Waals surface area contributed by atoms with Gasteiger partial charge in [-0.3, -0.25) is 4.79 Å². The van der Waals surface area contributed by atoms with Crippen molar-refractivity contribution in [1.29, 1.82) is 5.26 Å². The zero-order valence-corrected chi connectivity index (χ0v) is 20.9. The molecule has 2 aromatic rings. The van der Waals surface area contributed by atoms with Crippen molar-refractivity contribution in [3.63, 3.8) is 0 Å². The van der Waals surface area contributed by atoms with E-state index in [-0.39, 0.29) is 27.9 Å². The molecule has 3 amide bonds. The molecule has 10 heteroatoms. The van der Waals surface area contributed by atoms with Gasteiger partial charge in [-0.25, -0.2) is 17.9 Å². The number of nitrogens with one attached hydrogen (secondary N) is 2. The van der Waals surface area contributed by atoms with E-state index in [9.17, 15) is 28.4 Å². The number of carbonyl (C=O) groups excluding carboxylic acids is 2. The van der Waals surface area contributed by atoms with Crippen LogP contribution in [0.25, 0.3) is 0 Å². The molecule has 0 aliphatic heterocycles. The van der Waals surface area contributed by atoms with Crippen LogP contribution in [0.3, 0.4) is 0 Å². The first kappa shape index (κ1) is 26.8. The number of hydrogen-bond acceptors (Lipinski definition) is 6. The smallest absolute Gasteiger partial charge is 0.333 e. The largest absolute Gasteiger partial charge is 0.386 e. The number of aliphatic hydroxyl groups is 1. The van der Waals surface area contributed by atoms with Gasteiger partial charge in [-0.1, -0.05) is 27.7 Å². The van der Waals surface area contributed by atoms with Gasteiger partial charge in [-0.15, -0.1) is 0 Å². The van der Waals surface area contributed by atoms with Gasteiger partial charge >= 0.3 is 6.03 Å². The first-order valence-electron chi connectivity index (χ1n) is 10.7. The number of amides is 3. The number of nitrogens with zero attached hydrogens (tertiary/aromatic N) is 1. The van der Waals surface area contributed by atoms with Crippen molar-refractivity contribution in [3.8, 4) is 6.07 Å². The van der Waals surface area contributed by atoms with Crippen LogP contribution < -0.4 is 15.8 Å². The van der Waals surface area contributed by atoms with Gasteiger partial charge in [0.15, 0.2) is 0 Å². The minimum atomic E-state index is -4.38. The maximum atomic E-state index is 12.9. The van der Waals surface area contributed by atoms with Crippen LogP contribution in [0.5, 0.6) is 0 Å². The SMILES string of the molecule is CC(C)c1cc(C(N)=O)cc(C(C)C)c1NC(=O)NS(=O)(=O)c1cc(C#N)cc(C(C)(C)O)c1. The molecular formula is C24H30N4O5S. The number of hydrogen-bond donors (Lipinski definition) is 4. The molecule has 0 aliphatic carbocycles. The maximum Gasteiger partial charge on any atom is 0.333 e. The summed E-state index contributed by atoms with van der Waals surface area (Å²) in [6, 6.07) is 7.70. The molecule has 34 heavy (non-hydrogen) atoms. The molecule has 2 aromatic carbocycles. The zero-order chi connectivity index (χ0) is 26.0. The topological polar surface area (TPSA) is 162 Å². The summed E-state index contributed by atoms with van der Waals surface area (Å²) in [5, 5.41) is 22.1. The molecule has 2 rings (SSSR count). The van der Waals surface area contributed by atoms with Gasteiger partial charge < -0.3 is 16.2 Å². The van der Waals surface area contributed by atoms with E-state index in [0.29, 0.717) is 22.4 Å². The minimum Gasteiger partial charge on any atom is -0.386 e. The molecule has 0 unspecified atom stereocenters. The average Bonchev–Trinajstić information content (AvgIpc) is 2.71. The second-order valence-corrected chi connectivity index (χ2v) is 10.9. The summed E-state index contributed by atoms with van der Waals surface area (Å²) in [4.78, 5) is 24.2. The number of carbonyl (C=O) groups is 2. The fraction of sp³-hybridized carbons (Fsp3) is 0.375. The summed E-state index contributed by atoms with van der Waals surface area (Å²) >= 11 is 0.